The Morgan fingerprint density at radius 2 is 2.09 bits per heavy atom. The predicted octanol–water partition coefficient (Wildman–Crippen LogP) is 3.89. The maximum Gasteiger partial charge on any atom is 0.305 e. The van der Waals surface area contributed by atoms with Gasteiger partial charge in [-0.05, 0) is 43.4 Å². The van der Waals surface area contributed by atoms with Gasteiger partial charge in [-0.25, -0.2) is 0 Å². The van der Waals surface area contributed by atoms with E-state index in [0.29, 0.717) is 31.7 Å². The van der Waals surface area contributed by atoms with Crippen molar-refractivity contribution in [3.05, 3.63) is 52.9 Å². The molecular weight excluding hydrogens is 444 g/mol. The van der Waals surface area contributed by atoms with Crippen LogP contribution in [0.25, 0.3) is 11.4 Å². The monoisotopic (exact) mass is 478 g/mol. The summed E-state index contributed by atoms with van der Waals surface area (Å²) in [6.45, 7) is 5.32. The Hall–Kier alpha value is -3.13. The van der Waals surface area contributed by atoms with E-state index in [2.05, 4.69) is 29.4 Å². The van der Waals surface area contributed by atoms with Crippen LogP contribution in [0.15, 0.2) is 35.9 Å². The van der Waals surface area contributed by atoms with Gasteiger partial charge in [0, 0.05) is 37.6 Å². The first kappa shape index (κ1) is 25.0. The number of aryl methyl sites for hydroxylation is 2. The number of allylic oxidation sites excluding steroid dienone is 4. The van der Waals surface area contributed by atoms with Crippen LogP contribution >= 0.6 is 0 Å². The highest BCUT2D eigenvalue weighted by Gasteiger charge is 2.28. The second kappa shape index (κ2) is 11.1. The molecule has 2 aromatic heterocycles. The first-order chi connectivity index (χ1) is 16.9. The van der Waals surface area contributed by atoms with Crippen molar-refractivity contribution in [3.8, 4) is 11.4 Å². The van der Waals surface area contributed by atoms with E-state index in [1.807, 2.05) is 26.1 Å². The summed E-state index contributed by atoms with van der Waals surface area (Å²) in [6.07, 6.45) is 9.46. The van der Waals surface area contributed by atoms with Crippen LogP contribution in [0.5, 0.6) is 0 Å². The number of pyridine rings is 1. The Kier molecular flexibility index (Phi) is 7.90. The molecule has 8 heteroatoms. The molecule has 2 aliphatic rings. The van der Waals surface area contributed by atoms with Crippen molar-refractivity contribution >= 4 is 11.8 Å². The number of carbonyl (C=O) groups excluding carboxylic acids is 2. The number of ether oxygens (including phenoxy) is 2. The van der Waals surface area contributed by atoms with Crippen LogP contribution in [-0.4, -0.2) is 52.1 Å². The highest BCUT2D eigenvalue weighted by Crippen LogP contribution is 2.33. The fourth-order valence-corrected chi connectivity index (χ4v) is 5.07. The first-order valence-electron chi connectivity index (χ1n) is 12.3. The fraction of sp³-hybridized carbons (Fsp3) is 0.519. The summed E-state index contributed by atoms with van der Waals surface area (Å²) in [6, 6.07) is 4.05. The van der Waals surface area contributed by atoms with Crippen molar-refractivity contribution in [2.24, 2.45) is 18.9 Å². The van der Waals surface area contributed by atoms with Gasteiger partial charge < -0.3 is 9.47 Å². The van der Waals surface area contributed by atoms with Gasteiger partial charge in [-0.3, -0.25) is 19.3 Å². The number of hydrogen-bond acceptors (Lipinski definition) is 7. The quantitative estimate of drug-likeness (QED) is 0.531. The molecule has 4 rings (SSSR count). The molecule has 0 radical (unpaired) electrons. The van der Waals surface area contributed by atoms with E-state index >= 15 is 0 Å². The largest absolute Gasteiger partial charge is 0.469 e. The summed E-state index contributed by atoms with van der Waals surface area (Å²) < 4.78 is 12.4. The highest BCUT2D eigenvalue weighted by molar-refractivity contribution is 5.95. The zero-order chi connectivity index (χ0) is 24.9. The maximum atomic E-state index is 12.6. The van der Waals surface area contributed by atoms with Crippen molar-refractivity contribution < 1.29 is 19.1 Å². The van der Waals surface area contributed by atoms with E-state index in [1.54, 1.807) is 10.8 Å². The molecule has 35 heavy (non-hydrogen) atoms. The molecule has 8 nitrogen and oxygen atoms in total. The lowest BCUT2D eigenvalue weighted by Gasteiger charge is -2.29. The van der Waals surface area contributed by atoms with Gasteiger partial charge in [0.2, 0.25) is 0 Å². The van der Waals surface area contributed by atoms with E-state index in [-0.39, 0.29) is 29.5 Å². The SMILES string of the molecule is CCCC1=CC(Cc2c(-c3ccc(C4COCC(CC(=O)OC)C4)c(C)n3)nnn2C)C(=O)C=C1. The normalized spacial score (nSPS) is 22.2. The van der Waals surface area contributed by atoms with Crippen molar-refractivity contribution in [3.63, 3.8) is 0 Å². The molecule has 2 aromatic rings. The molecule has 3 unspecified atom stereocenters. The van der Waals surface area contributed by atoms with Gasteiger partial charge in [-0.2, -0.15) is 0 Å². The molecule has 0 spiro atoms. The van der Waals surface area contributed by atoms with Crippen molar-refractivity contribution in [1.82, 2.24) is 20.0 Å². The lowest BCUT2D eigenvalue weighted by Crippen LogP contribution is -2.27. The van der Waals surface area contributed by atoms with E-state index in [4.69, 9.17) is 14.5 Å². The van der Waals surface area contributed by atoms with E-state index in [0.717, 1.165) is 41.9 Å². The van der Waals surface area contributed by atoms with Gasteiger partial charge in [0.25, 0.3) is 0 Å². The van der Waals surface area contributed by atoms with Crippen LogP contribution in [0.3, 0.4) is 0 Å². The minimum absolute atomic E-state index is 0.107. The third-order valence-corrected chi connectivity index (χ3v) is 6.92. The zero-order valence-corrected chi connectivity index (χ0v) is 21.0. The van der Waals surface area contributed by atoms with Crippen LogP contribution in [0, 0.1) is 18.8 Å². The fourth-order valence-electron chi connectivity index (χ4n) is 5.07. The third kappa shape index (κ3) is 5.75. The summed E-state index contributed by atoms with van der Waals surface area (Å²) in [5.41, 5.74) is 5.57. The molecule has 0 N–H and O–H groups in total. The lowest BCUT2D eigenvalue weighted by atomic mass is 9.85. The van der Waals surface area contributed by atoms with Gasteiger partial charge in [0.1, 0.15) is 5.69 Å². The van der Waals surface area contributed by atoms with E-state index < -0.39 is 0 Å². The van der Waals surface area contributed by atoms with Crippen LogP contribution in [0.4, 0.5) is 0 Å². The smallest absolute Gasteiger partial charge is 0.305 e. The molecule has 0 amide bonds. The number of aromatic nitrogens is 4. The number of rotatable bonds is 8. The van der Waals surface area contributed by atoms with Crippen LogP contribution in [-0.2, 0) is 32.5 Å². The van der Waals surface area contributed by atoms with Crippen LogP contribution in [0.2, 0.25) is 0 Å². The Morgan fingerprint density at radius 1 is 1.26 bits per heavy atom. The molecule has 0 saturated carbocycles. The third-order valence-electron chi connectivity index (χ3n) is 6.92. The van der Waals surface area contributed by atoms with Gasteiger partial charge in [0.15, 0.2) is 5.78 Å². The van der Waals surface area contributed by atoms with Crippen molar-refractivity contribution in [2.45, 2.75) is 51.9 Å². The van der Waals surface area contributed by atoms with Gasteiger partial charge in [-0.15, -0.1) is 5.10 Å². The molecule has 0 aromatic carbocycles. The summed E-state index contributed by atoms with van der Waals surface area (Å²) in [5.74, 6) is -0.00261. The Labute approximate surface area is 206 Å². The molecule has 1 saturated heterocycles. The lowest BCUT2D eigenvalue weighted by molar-refractivity contribution is -0.143. The zero-order valence-electron chi connectivity index (χ0n) is 21.0. The maximum absolute atomic E-state index is 12.6. The Balaban J connectivity index is 1.54. The summed E-state index contributed by atoms with van der Waals surface area (Å²) in [4.78, 5) is 29.2. The van der Waals surface area contributed by atoms with Gasteiger partial charge in [-0.1, -0.05) is 42.3 Å². The predicted molar refractivity (Wildman–Crippen MR) is 132 cm³/mol. The second-order valence-corrected chi connectivity index (χ2v) is 9.53. The summed E-state index contributed by atoms with van der Waals surface area (Å²) in [5, 5.41) is 8.63. The summed E-state index contributed by atoms with van der Waals surface area (Å²) in [7, 11) is 3.27. The van der Waals surface area contributed by atoms with Crippen LogP contribution in [0.1, 0.15) is 55.5 Å². The van der Waals surface area contributed by atoms with Crippen molar-refractivity contribution in [1.29, 1.82) is 0 Å². The van der Waals surface area contributed by atoms with Crippen molar-refractivity contribution in [2.75, 3.05) is 20.3 Å². The van der Waals surface area contributed by atoms with Crippen LogP contribution < -0.4 is 0 Å². The Bertz CT molecular complexity index is 1150. The number of carbonyl (C=O) groups is 2. The molecule has 186 valence electrons. The first-order valence-corrected chi connectivity index (χ1v) is 12.3. The minimum Gasteiger partial charge on any atom is -0.469 e. The molecule has 1 fully saturated rings. The Morgan fingerprint density at radius 3 is 2.83 bits per heavy atom. The van der Waals surface area contributed by atoms with E-state index in [9.17, 15) is 9.59 Å². The number of hydrogen-bond donors (Lipinski definition) is 0. The number of methoxy groups -OCH3 is 1. The number of esters is 1. The highest BCUT2D eigenvalue weighted by atomic mass is 16.5. The topological polar surface area (TPSA) is 96.2 Å². The number of nitrogens with zero attached hydrogens (tertiary/aromatic N) is 4. The van der Waals surface area contributed by atoms with E-state index in [1.165, 1.54) is 12.7 Å². The standard InChI is InChI=1S/C27H34N4O4/c1-5-6-18-7-10-25(32)20(11-18)14-24-27(29-30-31(24)3)23-9-8-22(17(2)28-23)21-12-19(15-35-16-21)13-26(33)34-4/h7-11,19-21H,5-6,12-16H2,1-4H3. The molecule has 3 heterocycles. The molecule has 1 aliphatic heterocycles. The molecule has 1 aliphatic carbocycles. The average molecular weight is 479 g/mol. The molecule has 0 bridgehead atoms. The minimum atomic E-state index is -0.219. The number of ketones is 1. The second-order valence-electron chi connectivity index (χ2n) is 9.53. The molecular formula is C27H34N4O4. The molecule has 3 atom stereocenters. The average Bonchev–Trinajstić information content (AvgIpc) is 3.21. The summed E-state index contributed by atoms with van der Waals surface area (Å²) >= 11 is 0. The van der Waals surface area contributed by atoms with Gasteiger partial charge >= 0.3 is 5.97 Å². The van der Waals surface area contributed by atoms with Gasteiger partial charge in [0.05, 0.1) is 31.5 Å².